The molecule has 0 aliphatic carbocycles. The van der Waals surface area contributed by atoms with Crippen LogP contribution in [-0.4, -0.2) is 25.6 Å². The maximum absolute atomic E-state index is 11.9. The standard InChI is InChI=1S/C16H13Cl2NO4/c1-22-12-4-2-3-10(7-12)16(21)23-9-15(20)19-14-6-5-11(17)8-13(14)18/h2-8H,9H2,1H3,(H,19,20). The third-order valence-electron chi connectivity index (χ3n) is 2.85. The lowest BCUT2D eigenvalue weighted by molar-refractivity contribution is -0.119. The fourth-order valence-corrected chi connectivity index (χ4v) is 2.20. The van der Waals surface area contributed by atoms with Gasteiger partial charge in [-0.25, -0.2) is 4.79 Å². The Kier molecular flexibility index (Phi) is 5.84. The number of amides is 1. The lowest BCUT2D eigenvalue weighted by atomic mass is 10.2. The third-order valence-corrected chi connectivity index (χ3v) is 3.39. The monoisotopic (exact) mass is 353 g/mol. The maximum atomic E-state index is 11.9. The molecule has 0 radical (unpaired) electrons. The van der Waals surface area contributed by atoms with Crippen LogP contribution in [0.3, 0.4) is 0 Å². The molecule has 23 heavy (non-hydrogen) atoms. The summed E-state index contributed by atoms with van der Waals surface area (Å²) in [4.78, 5) is 23.7. The second kappa shape index (κ2) is 7.85. The number of carbonyl (C=O) groups is 2. The maximum Gasteiger partial charge on any atom is 0.338 e. The summed E-state index contributed by atoms with van der Waals surface area (Å²) in [5.41, 5.74) is 0.681. The zero-order valence-electron chi connectivity index (χ0n) is 12.1. The molecule has 2 aromatic carbocycles. The number of methoxy groups -OCH3 is 1. The van der Waals surface area contributed by atoms with E-state index in [1.165, 1.54) is 19.2 Å². The first-order valence-corrected chi connectivity index (χ1v) is 7.31. The van der Waals surface area contributed by atoms with Crippen LogP contribution in [0.4, 0.5) is 5.69 Å². The van der Waals surface area contributed by atoms with Crippen LogP contribution in [-0.2, 0) is 9.53 Å². The highest BCUT2D eigenvalue weighted by Gasteiger charge is 2.12. The van der Waals surface area contributed by atoms with Gasteiger partial charge in [-0.1, -0.05) is 29.3 Å². The second-order valence-corrected chi connectivity index (χ2v) is 5.32. The molecule has 0 aliphatic rings. The Morgan fingerprint density at radius 2 is 1.91 bits per heavy atom. The minimum Gasteiger partial charge on any atom is -0.497 e. The van der Waals surface area contributed by atoms with Crippen LogP contribution in [0, 0.1) is 0 Å². The highest BCUT2D eigenvalue weighted by molar-refractivity contribution is 6.36. The molecule has 1 amide bonds. The predicted molar refractivity (Wildman–Crippen MR) is 88.4 cm³/mol. The minimum atomic E-state index is -0.624. The van der Waals surface area contributed by atoms with Crippen LogP contribution in [0.2, 0.25) is 10.0 Å². The number of carbonyl (C=O) groups excluding carboxylic acids is 2. The Hall–Kier alpha value is -2.24. The van der Waals surface area contributed by atoms with Crippen LogP contribution >= 0.6 is 23.2 Å². The Balaban J connectivity index is 1.92. The number of hydrogen-bond donors (Lipinski definition) is 1. The van der Waals surface area contributed by atoms with E-state index in [2.05, 4.69) is 5.32 Å². The normalized spacial score (nSPS) is 10.0. The first-order valence-electron chi connectivity index (χ1n) is 6.55. The summed E-state index contributed by atoms with van der Waals surface area (Å²) in [6.07, 6.45) is 0. The summed E-state index contributed by atoms with van der Waals surface area (Å²) in [7, 11) is 1.49. The highest BCUT2D eigenvalue weighted by Crippen LogP contribution is 2.25. The van der Waals surface area contributed by atoms with Crippen LogP contribution in [0.5, 0.6) is 5.75 Å². The largest absolute Gasteiger partial charge is 0.497 e. The van der Waals surface area contributed by atoms with E-state index >= 15 is 0 Å². The number of nitrogens with one attached hydrogen (secondary N) is 1. The Labute approximate surface area is 143 Å². The van der Waals surface area contributed by atoms with E-state index in [-0.39, 0.29) is 0 Å². The van der Waals surface area contributed by atoms with Gasteiger partial charge in [-0.05, 0) is 36.4 Å². The molecule has 1 N–H and O–H groups in total. The van der Waals surface area contributed by atoms with Crippen LogP contribution in [0.25, 0.3) is 0 Å². The number of rotatable bonds is 5. The minimum absolute atomic E-state index is 0.293. The van der Waals surface area contributed by atoms with Crippen molar-refractivity contribution in [2.75, 3.05) is 19.0 Å². The first-order chi connectivity index (χ1) is 11.0. The van der Waals surface area contributed by atoms with E-state index in [9.17, 15) is 9.59 Å². The van der Waals surface area contributed by atoms with E-state index in [1.807, 2.05) is 0 Å². The average Bonchev–Trinajstić information content (AvgIpc) is 2.55. The van der Waals surface area contributed by atoms with Gasteiger partial charge in [0.2, 0.25) is 0 Å². The molecule has 0 atom stereocenters. The van der Waals surface area contributed by atoms with Gasteiger partial charge in [0.1, 0.15) is 5.75 Å². The fraction of sp³-hybridized carbons (Fsp3) is 0.125. The van der Waals surface area contributed by atoms with Gasteiger partial charge >= 0.3 is 5.97 Å². The van der Waals surface area contributed by atoms with Gasteiger partial charge in [0.15, 0.2) is 6.61 Å². The van der Waals surface area contributed by atoms with Crippen molar-refractivity contribution >= 4 is 40.8 Å². The number of benzene rings is 2. The van der Waals surface area contributed by atoms with Crippen molar-refractivity contribution in [1.29, 1.82) is 0 Å². The average molecular weight is 354 g/mol. The molecule has 2 aromatic rings. The molecule has 0 unspecified atom stereocenters. The molecule has 0 saturated carbocycles. The van der Waals surface area contributed by atoms with E-state index in [1.54, 1.807) is 30.3 Å². The first kappa shape index (κ1) is 17.1. The summed E-state index contributed by atoms with van der Waals surface area (Å²) in [5.74, 6) is -0.608. The van der Waals surface area contributed by atoms with Crippen LogP contribution in [0.15, 0.2) is 42.5 Å². The van der Waals surface area contributed by atoms with Gasteiger partial charge in [0, 0.05) is 5.02 Å². The molecule has 120 valence electrons. The van der Waals surface area contributed by atoms with Gasteiger partial charge in [0.05, 0.1) is 23.4 Å². The zero-order valence-corrected chi connectivity index (χ0v) is 13.6. The Morgan fingerprint density at radius 3 is 2.61 bits per heavy atom. The summed E-state index contributed by atoms with van der Waals surface area (Å²) < 4.78 is 9.97. The van der Waals surface area contributed by atoms with Crippen molar-refractivity contribution in [1.82, 2.24) is 0 Å². The Morgan fingerprint density at radius 1 is 1.13 bits per heavy atom. The Bertz CT molecular complexity index is 734. The molecule has 0 fully saturated rings. The van der Waals surface area contributed by atoms with Crippen molar-refractivity contribution < 1.29 is 19.1 Å². The van der Waals surface area contributed by atoms with E-state index in [0.29, 0.717) is 27.0 Å². The molecule has 0 aliphatic heterocycles. The number of esters is 1. The zero-order chi connectivity index (χ0) is 16.8. The van der Waals surface area contributed by atoms with Crippen LogP contribution < -0.4 is 10.1 Å². The lowest BCUT2D eigenvalue weighted by Gasteiger charge is -2.08. The second-order valence-electron chi connectivity index (χ2n) is 4.48. The number of hydrogen-bond acceptors (Lipinski definition) is 4. The van der Waals surface area contributed by atoms with Crippen molar-refractivity contribution in [3.63, 3.8) is 0 Å². The van der Waals surface area contributed by atoms with Gasteiger partial charge in [-0.15, -0.1) is 0 Å². The molecular weight excluding hydrogens is 341 g/mol. The third kappa shape index (κ3) is 4.87. The molecule has 0 aromatic heterocycles. The van der Waals surface area contributed by atoms with E-state index in [4.69, 9.17) is 32.7 Å². The molecule has 0 bridgehead atoms. The molecule has 7 heteroatoms. The van der Waals surface area contributed by atoms with Gasteiger partial charge in [0.25, 0.3) is 5.91 Å². The number of ether oxygens (including phenoxy) is 2. The van der Waals surface area contributed by atoms with Gasteiger partial charge in [-0.3, -0.25) is 4.79 Å². The van der Waals surface area contributed by atoms with Crippen molar-refractivity contribution in [3.05, 3.63) is 58.1 Å². The quantitative estimate of drug-likeness (QED) is 0.830. The molecule has 0 spiro atoms. The van der Waals surface area contributed by atoms with Crippen molar-refractivity contribution in [2.45, 2.75) is 0 Å². The summed E-state index contributed by atoms with van der Waals surface area (Å²) in [5, 5.41) is 3.29. The highest BCUT2D eigenvalue weighted by atomic mass is 35.5. The molecular formula is C16H13Cl2NO4. The number of anilines is 1. The van der Waals surface area contributed by atoms with Gasteiger partial charge in [-0.2, -0.15) is 0 Å². The summed E-state index contributed by atoms with van der Waals surface area (Å²) in [6.45, 7) is -0.436. The lowest BCUT2D eigenvalue weighted by Crippen LogP contribution is -2.21. The van der Waals surface area contributed by atoms with Gasteiger partial charge < -0.3 is 14.8 Å². The molecule has 5 nitrogen and oxygen atoms in total. The molecule has 2 rings (SSSR count). The predicted octanol–water partition coefficient (Wildman–Crippen LogP) is 3.80. The molecule has 0 heterocycles. The number of halogens is 2. The topological polar surface area (TPSA) is 64.6 Å². The van der Waals surface area contributed by atoms with Crippen LogP contribution in [0.1, 0.15) is 10.4 Å². The summed E-state index contributed by atoms with van der Waals surface area (Å²) in [6, 6.07) is 11.1. The van der Waals surface area contributed by atoms with E-state index in [0.717, 1.165) is 0 Å². The smallest absolute Gasteiger partial charge is 0.338 e. The fourth-order valence-electron chi connectivity index (χ4n) is 1.74. The van der Waals surface area contributed by atoms with E-state index < -0.39 is 18.5 Å². The SMILES string of the molecule is COc1cccc(C(=O)OCC(=O)Nc2ccc(Cl)cc2Cl)c1. The molecule has 0 saturated heterocycles. The van der Waals surface area contributed by atoms with Crippen molar-refractivity contribution in [2.24, 2.45) is 0 Å². The summed E-state index contributed by atoms with van der Waals surface area (Å²) >= 11 is 11.7. The van der Waals surface area contributed by atoms with Crippen molar-refractivity contribution in [3.8, 4) is 5.75 Å².